The van der Waals surface area contributed by atoms with Crippen molar-refractivity contribution in [3.05, 3.63) is 41.3 Å². The van der Waals surface area contributed by atoms with Gasteiger partial charge in [0.15, 0.2) is 9.84 Å². The molecule has 0 aliphatic rings. The molecule has 0 N–H and O–H groups in total. The van der Waals surface area contributed by atoms with Crippen LogP contribution in [-0.2, 0) is 9.84 Å². The van der Waals surface area contributed by atoms with E-state index in [4.69, 9.17) is 5.26 Å². The fraction of sp³-hybridized carbons (Fsp3) is 0.100. The van der Waals surface area contributed by atoms with Crippen molar-refractivity contribution < 1.29 is 8.42 Å². The van der Waals surface area contributed by atoms with Crippen LogP contribution in [0.5, 0.6) is 0 Å². The molecule has 0 saturated heterocycles. The summed E-state index contributed by atoms with van der Waals surface area (Å²) in [6.07, 6.45) is 0. The number of nitrogens with zero attached hydrogens (tertiary/aromatic N) is 1. The van der Waals surface area contributed by atoms with Gasteiger partial charge >= 0.3 is 0 Å². The van der Waals surface area contributed by atoms with Gasteiger partial charge in [0.1, 0.15) is 0 Å². The van der Waals surface area contributed by atoms with E-state index in [0.717, 1.165) is 5.41 Å². The highest BCUT2D eigenvalue weighted by Crippen LogP contribution is 2.18. The Kier molecular flexibility index (Phi) is 2.73. The van der Waals surface area contributed by atoms with Crippen LogP contribution in [0, 0.1) is 18.3 Å². The lowest BCUT2D eigenvalue weighted by Crippen LogP contribution is -1.98. The third-order valence-electron chi connectivity index (χ3n) is 1.83. The summed E-state index contributed by atoms with van der Waals surface area (Å²) in [6, 6.07) is 6.38. The predicted molar refractivity (Wildman–Crippen MR) is 53.3 cm³/mol. The van der Waals surface area contributed by atoms with Crippen molar-refractivity contribution in [2.45, 2.75) is 11.8 Å². The summed E-state index contributed by atoms with van der Waals surface area (Å²) in [5, 5.41) is 9.50. The second-order valence-electron chi connectivity index (χ2n) is 2.80. The zero-order valence-corrected chi connectivity index (χ0v) is 8.50. The van der Waals surface area contributed by atoms with Gasteiger partial charge in [-0.15, -0.1) is 0 Å². The summed E-state index contributed by atoms with van der Waals surface area (Å²) in [5.74, 6) is 0. The highest BCUT2D eigenvalue weighted by atomic mass is 32.2. The molecule has 0 bridgehead atoms. The summed E-state index contributed by atoms with van der Waals surface area (Å²) in [6.45, 7) is 4.89. The fourth-order valence-corrected chi connectivity index (χ4v) is 2.07. The van der Waals surface area contributed by atoms with E-state index in [1.165, 1.54) is 18.2 Å². The molecule has 0 heterocycles. The van der Waals surface area contributed by atoms with E-state index in [-0.39, 0.29) is 4.90 Å². The number of sulfone groups is 1. The maximum Gasteiger partial charge on any atom is 0.199 e. The highest BCUT2D eigenvalue weighted by Gasteiger charge is 2.12. The van der Waals surface area contributed by atoms with E-state index >= 15 is 0 Å². The monoisotopic (exact) mass is 207 g/mol. The summed E-state index contributed by atoms with van der Waals surface area (Å²) in [5.41, 5.74) is 1.01. The maximum atomic E-state index is 11.4. The number of hydrogen-bond acceptors (Lipinski definition) is 3. The van der Waals surface area contributed by atoms with Gasteiger partial charge in [-0.2, -0.15) is 5.26 Å². The van der Waals surface area contributed by atoms with Crippen molar-refractivity contribution in [2.75, 3.05) is 0 Å². The molecule has 1 aromatic rings. The Hall–Kier alpha value is -1.60. The Morgan fingerprint density at radius 1 is 1.50 bits per heavy atom. The van der Waals surface area contributed by atoms with Crippen molar-refractivity contribution >= 4 is 9.84 Å². The topological polar surface area (TPSA) is 57.9 Å². The molecule has 0 aliphatic heterocycles. The number of rotatable bonds is 2. The highest BCUT2D eigenvalue weighted by molar-refractivity contribution is 7.94. The lowest BCUT2D eigenvalue weighted by molar-refractivity contribution is 0.604. The van der Waals surface area contributed by atoms with Crippen LogP contribution in [0.15, 0.2) is 35.1 Å². The van der Waals surface area contributed by atoms with Crippen LogP contribution < -0.4 is 0 Å². The molecule has 72 valence electrons. The lowest BCUT2D eigenvalue weighted by atomic mass is 10.2. The van der Waals surface area contributed by atoms with Crippen molar-refractivity contribution in [3.8, 4) is 6.07 Å². The summed E-state index contributed by atoms with van der Waals surface area (Å²) in [7, 11) is -3.40. The molecular weight excluding hydrogens is 198 g/mol. The molecule has 0 amide bonds. The maximum absolute atomic E-state index is 11.4. The average Bonchev–Trinajstić information content (AvgIpc) is 2.17. The van der Waals surface area contributed by atoms with Gasteiger partial charge in [-0.25, -0.2) is 8.42 Å². The van der Waals surface area contributed by atoms with E-state index in [1.54, 1.807) is 6.92 Å². The number of hydrogen-bond donors (Lipinski definition) is 0. The molecule has 4 heteroatoms. The first-order valence-electron chi connectivity index (χ1n) is 3.89. The third kappa shape index (κ3) is 1.83. The van der Waals surface area contributed by atoms with E-state index in [2.05, 4.69) is 6.58 Å². The minimum Gasteiger partial charge on any atom is -0.219 e. The van der Waals surface area contributed by atoms with Gasteiger partial charge in [0.2, 0.25) is 0 Å². The molecule has 0 fully saturated rings. The van der Waals surface area contributed by atoms with Gasteiger partial charge in [0.25, 0.3) is 0 Å². The van der Waals surface area contributed by atoms with Crippen LogP contribution in [0.1, 0.15) is 11.1 Å². The van der Waals surface area contributed by atoms with Gasteiger partial charge in [0, 0.05) is 5.41 Å². The van der Waals surface area contributed by atoms with E-state index in [9.17, 15) is 8.42 Å². The molecule has 0 aliphatic carbocycles. The zero-order valence-electron chi connectivity index (χ0n) is 7.69. The quantitative estimate of drug-likeness (QED) is 0.742. The molecule has 0 atom stereocenters. The first-order chi connectivity index (χ1) is 6.51. The molecule has 0 unspecified atom stereocenters. The fourth-order valence-electron chi connectivity index (χ4n) is 1.13. The Bertz CT molecular complexity index is 509. The van der Waals surface area contributed by atoms with Crippen LogP contribution in [0.25, 0.3) is 0 Å². The first kappa shape index (κ1) is 10.5. The average molecular weight is 207 g/mol. The zero-order chi connectivity index (χ0) is 10.8. The van der Waals surface area contributed by atoms with Gasteiger partial charge in [0.05, 0.1) is 16.5 Å². The van der Waals surface area contributed by atoms with Gasteiger partial charge in [-0.05, 0) is 30.7 Å². The van der Waals surface area contributed by atoms with E-state index in [0.29, 0.717) is 11.1 Å². The molecule has 0 spiro atoms. The largest absolute Gasteiger partial charge is 0.219 e. The van der Waals surface area contributed by atoms with Crippen molar-refractivity contribution in [1.29, 1.82) is 5.26 Å². The van der Waals surface area contributed by atoms with E-state index in [1.807, 2.05) is 6.07 Å². The Morgan fingerprint density at radius 3 is 2.57 bits per heavy atom. The third-order valence-corrected chi connectivity index (χ3v) is 3.34. The van der Waals surface area contributed by atoms with Crippen LogP contribution >= 0.6 is 0 Å². The van der Waals surface area contributed by atoms with Crippen LogP contribution in [0.2, 0.25) is 0 Å². The second kappa shape index (κ2) is 3.64. The Morgan fingerprint density at radius 2 is 2.14 bits per heavy atom. The van der Waals surface area contributed by atoms with Gasteiger partial charge < -0.3 is 0 Å². The molecule has 0 saturated carbocycles. The number of aryl methyl sites for hydroxylation is 1. The summed E-state index contributed by atoms with van der Waals surface area (Å²) >= 11 is 0. The summed E-state index contributed by atoms with van der Waals surface area (Å²) in [4.78, 5) is 0.200. The minimum absolute atomic E-state index is 0.200. The SMILES string of the molecule is C=CS(=O)(=O)c1ccc(C#N)cc1C. The van der Waals surface area contributed by atoms with Crippen LogP contribution in [0.4, 0.5) is 0 Å². The molecule has 1 rings (SSSR count). The molecule has 3 nitrogen and oxygen atoms in total. The lowest BCUT2D eigenvalue weighted by Gasteiger charge is -2.02. The van der Waals surface area contributed by atoms with Crippen molar-refractivity contribution in [1.82, 2.24) is 0 Å². The van der Waals surface area contributed by atoms with Crippen molar-refractivity contribution in [3.63, 3.8) is 0 Å². The normalized spacial score (nSPS) is 10.6. The second-order valence-corrected chi connectivity index (χ2v) is 4.67. The number of nitriles is 1. The first-order valence-corrected chi connectivity index (χ1v) is 5.44. The van der Waals surface area contributed by atoms with Crippen LogP contribution in [0.3, 0.4) is 0 Å². The molecular formula is C10H9NO2S. The summed E-state index contributed by atoms with van der Waals surface area (Å²) < 4.78 is 22.8. The Balaban J connectivity index is 3.42. The molecule has 0 radical (unpaired) electrons. The minimum atomic E-state index is -3.40. The Labute approximate surface area is 83.2 Å². The standard InChI is InChI=1S/C10H9NO2S/c1-3-14(12,13)10-5-4-9(7-11)6-8(10)2/h3-6H,1H2,2H3. The smallest absolute Gasteiger partial charge is 0.199 e. The van der Waals surface area contributed by atoms with Crippen LogP contribution in [-0.4, -0.2) is 8.42 Å². The van der Waals surface area contributed by atoms with Crippen molar-refractivity contribution in [2.24, 2.45) is 0 Å². The number of benzene rings is 1. The molecule has 14 heavy (non-hydrogen) atoms. The predicted octanol–water partition coefficient (Wildman–Crippen LogP) is 1.78. The molecule has 1 aromatic carbocycles. The van der Waals surface area contributed by atoms with E-state index < -0.39 is 9.84 Å². The van der Waals surface area contributed by atoms with Gasteiger partial charge in [-0.1, -0.05) is 6.58 Å². The molecule has 0 aromatic heterocycles. The van der Waals surface area contributed by atoms with Gasteiger partial charge in [-0.3, -0.25) is 0 Å².